The molecule has 0 aromatic heterocycles. The van der Waals surface area contributed by atoms with Crippen LogP contribution in [-0.4, -0.2) is 29.0 Å². The molecule has 16 heavy (non-hydrogen) atoms. The van der Waals surface area contributed by atoms with E-state index in [4.69, 9.17) is 5.11 Å². The Labute approximate surface area is 96.7 Å². The number of ketones is 1. The van der Waals surface area contributed by atoms with Gasteiger partial charge in [0, 0.05) is 12.2 Å². The molecule has 1 N–H and O–H groups in total. The Bertz CT molecular complexity index is 369. The normalized spacial score (nSPS) is 10.4. The summed E-state index contributed by atoms with van der Waals surface area (Å²) in [5, 5.41) is 8.53. The average molecular weight is 246 g/mol. The highest BCUT2D eigenvalue weighted by Crippen LogP contribution is 2.12. The van der Waals surface area contributed by atoms with Crippen LogP contribution >= 0.6 is 11.8 Å². The van der Waals surface area contributed by atoms with Crippen LogP contribution in [0.1, 0.15) is 16.8 Å². The molecule has 0 heterocycles. The Balaban J connectivity index is 2.50. The van der Waals surface area contributed by atoms with Crippen molar-refractivity contribution in [3.05, 3.63) is 35.4 Å². The molecular formula is C11H12F2O2S. The van der Waals surface area contributed by atoms with E-state index in [1.807, 2.05) is 0 Å². The van der Waals surface area contributed by atoms with Crippen LogP contribution in [-0.2, 0) is 0 Å². The molecule has 1 rings (SSSR count). The van der Waals surface area contributed by atoms with Gasteiger partial charge in [0.2, 0.25) is 0 Å². The van der Waals surface area contributed by atoms with E-state index in [2.05, 4.69) is 0 Å². The Morgan fingerprint density at radius 3 is 2.69 bits per heavy atom. The summed E-state index contributed by atoms with van der Waals surface area (Å²) in [7, 11) is 0. The number of halogens is 2. The molecule has 0 atom stereocenters. The maximum Gasteiger partial charge on any atom is 0.172 e. The zero-order valence-electron chi connectivity index (χ0n) is 8.58. The number of benzene rings is 1. The van der Waals surface area contributed by atoms with E-state index < -0.39 is 11.6 Å². The van der Waals surface area contributed by atoms with Crippen LogP contribution in [0.4, 0.5) is 8.78 Å². The third-order valence-corrected chi connectivity index (χ3v) is 2.97. The van der Waals surface area contributed by atoms with E-state index in [0.717, 1.165) is 12.1 Å². The smallest absolute Gasteiger partial charge is 0.172 e. The molecule has 2 nitrogen and oxygen atoms in total. The molecule has 0 aliphatic carbocycles. The van der Waals surface area contributed by atoms with Crippen LogP contribution in [0.2, 0.25) is 0 Å². The number of Topliss-reactive ketones (excluding diaryl/α,β-unsaturated/α-hetero) is 1. The van der Waals surface area contributed by atoms with Gasteiger partial charge in [0.1, 0.15) is 0 Å². The van der Waals surface area contributed by atoms with Crippen molar-refractivity contribution in [3.8, 4) is 0 Å². The van der Waals surface area contributed by atoms with E-state index in [-0.39, 0.29) is 23.7 Å². The second-order valence-electron chi connectivity index (χ2n) is 3.18. The predicted octanol–water partition coefficient (Wildman–Crippen LogP) is 2.26. The van der Waals surface area contributed by atoms with Crippen LogP contribution in [0, 0.1) is 11.6 Å². The summed E-state index contributed by atoms with van der Waals surface area (Å²) in [6.07, 6.45) is 0.621. The molecule has 0 bridgehead atoms. The first-order chi connectivity index (χ1) is 7.65. The van der Waals surface area contributed by atoms with Crippen molar-refractivity contribution < 1.29 is 18.7 Å². The highest BCUT2D eigenvalue weighted by atomic mass is 32.2. The summed E-state index contributed by atoms with van der Waals surface area (Å²) in [5.41, 5.74) is 0.176. The maximum absolute atomic E-state index is 12.8. The SMILES string of the molecule is O=C(CSCCCO)c1ccc(F)c(F)c1. The van der Waals surface area contributed by atoms with E-state index in [1.54, 1.807) is 0 Å². The van der Waals surface area contributed by atoms with Gasteiger partial charge in [-0.25, -0.2) is 8.78 Å². The van der Waals surface area contributed by atoms with Crippen molar-refractivity contribution in [3.63, 3.8) is 0 Å². The Kier molecular flexibility index (Phi) is 5.42. The highest BCUT2D eigenvalue weighted by Gasteiger charge is 2.09. The topological polar surface area (TPSA) is 37.3 Å². The molecule has 0 radical (unpaired) electrons. The Morgan fingerprint density at radius 2 is 2.06 bits per heavy atom. The lowest BCUT2D eigenvalue weighted by Gasteiger charge is -2.01. The minimum Gasteiger partial charge on any atom is -0.396 e. The number of rotatable bonds is 6. The number of thioether (sulfide) groups is 1. The van der Waals surface area contributed by atoms with Crippen molar-refractivity contribution in [1.82, 2.24) is 0 Å². The third kappa shape index (κ3) is 3.90. The summed E-state index contributed by atoms with van der Waals surface area (Å²) >= 11 is 1.37. The lowest BCUT2D eigenvalue weighted by Crippen LogP contribution is -2.04. The second kappa shape index (κ2) is 6.60. The standard InChI is InChI=1S/C11H12F2O2S/c12-9-3-2-8(6-10(9)13)11(15)7-16-5-1-4-14/h2-3,6,14H,1,4-5,7H2. The van der Waals surface area contributed by atoms with E-state index in [1.165, 1.54) is 17.8 Å². The molecule has 1 aromatic carbocycles. The Hall–Kier alpha value is -0.940. The number of aliphatic hydroxyl groups excluding tert-OH is 1. The van der Waals surface area contributed by atoms with Crippen LogP contribution < -0.4 is 0 Å². The van der Waals surface area contributed by atoms with Crippen molar-refractivity contribution in [2.24, 2.45) is 0 Å². The van der Waals surface area contributed by atoms with Gasteiger partial charge in [0.25, 0.3) is 0 Å². The fourth-order valence-corrected chi connectivity index (χ4v) is 1.91. The third-order valence-electron chi connectivity index (χ3n) is 1.92. The molecule has 0 spiro atoms. The van der Waals surface area contributed by atoms with Crippen LogP contribution in [0.3, 0.4) is 0 Å². The van der Waals surface area contributed by atoms with Crippen LogP contribution in [0.5, 0.6) is 0 Å². The first kappa shape index (κ1) is 13.1. The summed E-state index contributed by atoms with van der Waals surface area (Å²) in [5.74, 6) is -1.31. The van der Waals surface area contributed by atoms with Crippen molar-refractivity contribution in [1.29, 1.82) is 0 Å². The monoisotopic (exact) mass is 246 g/mol. The lowest BCUT2D eigenvalue weighted by atomic mass is 10.1. The van der Waals surface area contributed by atoms with Gasteiger partial charge in [0.05, 0.1) is 5.75 Å². The first-order valence-electron chi connectivity index (χ1n) is 4.82. The minimum atomic E-state index is -1.01. The zero-order chi connectivity index (χ0) is 12.0. The van der Waals surface area contributed by atoms with Gasteiger partial charge in [-0.2, -0.15) is 11.8 Å². The zero-order valence-corrected chi connectivity index (χ0v) is 9.40. The molecule has 0 aliphatic heterocycles. The van der Waals surface area contributed by atoms with Gasteiger partial charge < -0.3 is 5.11 Å². The molecule has 0 saturated carbocycles. The molecule has 0 fully saturated rings. The number of hydrogen-bond donors (Lipinski definition) is 1. The second-order valence-corrected chi connectivity index (χ2v) is 4.29. The number of aliphatic hydroxyl groups is 1. The van der Waals surface area contributed by atoms with Crippen molar-refractivity contribution >= 4 is 17.5 Å². The largest absolute Gasteiger partial charge is 0.396 e. The number of carbonyl (C=O) groups is 1. The first-order valence-corrected chi connectivity index (χ1v) is 5.97. The molecule has 0 saturated heterocycles. The molecule has 5 heteroatoms. The maximum atomic E-state index is 12.8. The minimum absolute atomic E-state index is 0.0896. The van der Waals surface area contributed by atoms with Crippen LogP contribution in [0.25, 0.3) is 0 Å². The van der Waals surface area contributed by atoms with Gasteiger partial charge in [-0.15, -0.1) is 0 Å². The highest BCUT2D eigenvalue weighted by molar-refractivity contribution is 7.99. The summed E-state index contributed by atoms with van der Waals surface area (Å²) < 4.78 is 25.4. The van der Waals surface area contributed by atoms with Crippen LogP contribution in [0.15, 0.2) is 18.2 Å². The van der Waals surface area contributed by atoms with Gasteiger partial charge >= 0.3 is 0 Å². The van der Waals surface area contributed by atoms with Crippen molar-refractivity contribution in [2.75, 3.05) is 18.1 Å². The molecule has 1 aromatic rings. The van der Waals surface area contributed by atoms with E-state index in [0.29, 0.717) is 12.2 Å². The summed E-state index contributed by atoms with van der Waals surface area (Å²) in [6, 6.07) is 3.12. The molecule has 0 aliphatic rings. The quantitative estimate of drug-likeness (QED) is 0.618. The van der Waals surface area contributed by atoms with E-state index in [9.17, 15) is 13.6 Å². The fourth-order valence-electron chi connectivity index (χ4n) is 1.08. The average Bonchev–Trinajstić information content (AvgIpc) is 2.28. The number of carbonyl (C=O) groups excluding carboxylic acids is 1. The molecule has 0 unspecified atom stereocenters. The summed E-state index contributed by atoms with van der Waals surface area (Å²) in [4.78, 5) is 11.5. The molecule has 0 amide bonds. The van der Waals surface area contributed by atoms with Gasteiger partial charge in [-0.3, -0.25) is 4.79 Å². The molecular weight excluding hydrogens is 234 g/mol. The Morgan fingerprint density at radius 1 is 1.31 bits per heavy atom. The molecule has 88 valence electrons. The van der Waals surface area contributed by atoms with Crippen molar-refractivity contribution in [2.45, 2.75) is 6.42 Å². The fraction of sp³-hybridized carbons (Fsp3) is 0.364. The van der Waals surface area contributed by atoms with E-state index >= 15 is 0 Å². The summed E-state index contributed by atoms with van der Waals surface area (Å²) in [6.45, 7) is 0.0896. The number of hydrogen-bond acceptors (Lipinski definition) is 3. The predicted molar refractivity (Wildman–Crippen MR) is 59.7 cm³/mol. The lowest BCUT2D eigenvalue weighted by molar-refractivity contribution is 0.102. The van der Waals surface area contributed by atoms with Gasteiger partial charge in [-0.1, -0.05) is 0 Å². The van der Waals surface area contributed by atoms with Gasteiger partial charge in [-0.05, 0) is 30.4 Å². The van der Waals surface area contributed by atoms with Gasteiger partial charge in [0.15, 0.2) is 17.4 Å².